The molecule has 1 atom stereocenters. The quantitative estimate of drug-likeness (QED) is 0.539. The molecule has 0 aromatic heterocycles. The van der Waals surface area contributed by atoms with Gasteiger partial charge < -0.3 is 5.32 Å². The molecule has 0 radical (unpaired) electrons. The van der Waals surface area contributed by atoms with Gasteiger partial charge in [0.05, 0.1) is 5.75 Å². The fourth-order valence-electron chi connectivity index (χ4n) is 3.38. The van der Waals surface area contributed by atoms with Crippen LogP contribution in [-0.2, 0) is 11.2 Å². The van der Waals surface area contributed by atoms with Gasteiger partial charge >= 0.3 is 0 Å². The second kappa shape index (κ2) is 8.94. The highest BCUT2D eigenvalue weighted by atomic mass is 35.5. The van der Waals surface area contributed by atoms with Crippen molar-refractivity contribution in [3.05, 3.63) is 94.5 Å². The molecule has 0 bridgehead atoms. The van der Waals surface area contributed by atoms with E-state index in [0.717, 1.165) is 17.7 Å². The Morgan fingerprint density at radius 3 is 2.33 bits per heavy atom. The molecule has 1 fully saturated rings. The van der Waals surface area contributed by atoms with E-state index < -0.39 is 0 Å². The van der Waals surface area contributed by atoms with E-state index in [0.29, 0.717) is 22.0 Å². The molecule has 4 nitrogen and oxygen atoms in total. The summed E-state index contributed by atoms with van der Waals surface area (Å²) >= 11 is 7.49. The molecular weight excluding hydrogens is 416 g/mol. The summed E-state index contributed by atoms with van der Waals surface area (Å²) in [5.41, 5.74) is 4.42. The Kier molecular flexibility index (Phi) is 6.11. The lowest BCUT2D eigenvalue weighted by atomic mass is 10.1. The topological polar surface area (TPSA) is 49.4 Å². The Morgan fingerprint density at radius 2 is 1.70 bits per heavy atom. The molecule has 1 N–H and O–H groups in total. The van der Waals surface area contributed by atoms with Gasteiger partial charge in [-0.05, 0) is 66.1 Å². The number of anilines is 2. The number of carbonyl (C=O) groups is 2. The summed E-state index contributed by atoms with van der Waals surface area (Å²) in [6, 6.07) is 22.6. The third-order valence-electron chi connectivity index (χ3n) is 5.05. The van der Waals surface area contributed by atoms with Crippen LogP contribution in [0.25, 0.3) is 0 Å². The zero-order valence-corrected chi connectivity index (χ0v) is 18.0. The fraction of sp³-hybridized carbons (Fsp3) is 0.167. The summed E-state index contributed by atoms with van der Waals surface area (Å²) in [5, 5.41) is 3.40. The van der Waals surface area contributed by atoms with Crippen molar-refractivity contribution in [3.63, 3.8) is 0 Å². The molecule has 0 aliphatic carbocycles. The molecule has 6 heteroatoms. The van der Waals surface area contributed by atoms with Crippen LogP contribution in [0.4, 0.5) is 11.4 Å². The van der Waals surface area contributed by atoms with Crippen molar-refractivity contribution in [2.45, 2.75) is 18.7 Å². The first kappa shape index (κ1) is 20.5. The lowest BCUT2D eigenvalue weighted by Crippen LogP contribution is -2.27. The molecule has 1 aliphatic rings. The monoisotopic (exact) mass is 436 g/mol. The van der Waals surface area contributed by atoms with E-state index in [1.54, 1.807) is 36.0 Å². The summed E-state index contributed by atoms with van der Waals surface area (Å²) in [6.07, 6.45) is 0.968. The van der Waals surface area contributed by atoms with Crippen LogP contribution in [0.1, 0.15) is 33.8 Å². The van der Waals surface area contributed by atoms with Gasteiger partial charge in [0.2, 0.25) is 5.91 Å². The van der Waals surface area contributed by atoms with Gasteiger partial charge in [-0.2, -0.15) is 0 Å². The van der Waals surface area contributed by atoms with E-state index in [1.807, 2.05) is 41.3 Å². The Hall–Kier alpha value is -2.76. The first-order valence-corrected chi connectivity index (χ1v) is 11.2. The molecule has 1 saturated heterocycles. The van der Waals surface area contributed by atoms with E-state index in [2.05, 4.69) is 24.4 Å². The molecule has 1 aliphatic heterocycles. The maximum absolute atomic E-state index is 12.5. The van der Waals surface area contributed by atoms with Gasteiger partial charge in [-0.3, -0.25) is 14.5 Å². The molecule has 0 saturated carbocycles. The van der Waals surface area contributed by atoms with Crippen LogP contribution >= 0.6 is 23.4 Å². The fourth-order valence-corrected chi connectivity index (χ4v) is 4.68. The smallest absolute Gasteiger partial charge is 0.255 e. The van der Waals surface area contributed by atoms with Gasteiger partial charge in [0.1, 0.15) is 5.37 Å². The van der Waals surface area contributed by atoms with Crippen LogP contribution in [0, 0.1) is 0 Å². The summed E-state index contributed by atoms with van der Waals surface area (Å²) < 4.78 is 0. The van der Waals surface area contributed by atoms with Gasteiger partial charge in [-0.25, -0.2) is 0 Å². The van der Waals surface area contributed by atoms with Crippen LogP contribution in [0.2, 0.25) is 5.02 Å². The number of benzene rings is 3. The molecule has 152 valence electrons. The summed E-state index contributed by atoms with van der Waals surface area (Å²) in [7, 11) is 0. The number of nitrogens with one attached hydrogen (secondary N) is 1. The predicted molar refractivity (Wildman–Crippen MR) is 124 cm³/mol. The molecule has 4 rings (SSSR count). The zero-order valence-electron chi connectivity index (χ0n) is 16.5. The van der Waals surface area contributed by atoms with Crippen LogP contribution in [0.5, 0.6) is 0 Å². The van der Waals surface area contributed by atoms with Gasteiger partial charge in [-0.15, -0.1) is 11.8 Å². The molecule has 30 heavy (non-hydrogen) atoms. The Labute approximate surface area is 185 Å². The maximum Gasteiger partial charge on any atom is 0.255 e. The molecule has 0 spiro atoms. The van der Waals surface area contributed by atoms with Crippen LogP contribution in [0.3, 0.4) is 0 Å². The highest BCUT2D eigenvalue weighted by Gasteiger charge is 2.33. The normalized spacial score (nSPS) is 16.0. The first-order valence-electron chi connectivity index (χ1n) is 9.74. The van der Waals surface area contributed by atoms with E-state index in [4.69, 9.17) is 11.6 Å². The molecule has 3 aromatic carbocycles. The van der Waals surface area contributed by atoms with Crippen molar-refractivity contribution in [2.24, 2.45) is 0 Å². The summed E-state index contributed by atoms with van der Waals surface area (Å²) in [4.78, 5) is 26.8. The standard InChI is InChI=1S/C24H21ClN2O2S/c1-2-16-3-13-21(14-4-16)27-22(28)15-30-24(27)18-7-11-20(12-8-18)26-23(29)17-5-9-19(25)10-6-17/h3-14,24H,2,15H2,1H3,(H,26,29). The number of rotatable bonds is 5. The minimum atomic E-state index is -0.192. The first-order chi connectivity index (χ1) is 14.5. The second-order valence-corrected chi connectivity index (χ2v) is 8.54. The predicted octanol–water partition coefficient (Wildman–Crippen LogP) is 5.93. The lowest BCUT2D eigenvalue weighted by Gasteiger charge is -2.24. The SMILES string of the molecule is CCc1ccc(N2C(=O)CSC2c2ccc(NC(=O)c3ccc(Cl)cc3)cc2)cc1. The zero-order chi connectivity index (χ0) is 21.1. The summed E-state index contributed by atoms with van der Waals surface area (Å²) in [5.74, 6) is 0.367. The number of hydrogen-bond acceptors (Lipinski definition) is 3. The van der Waals surface area contributed by atoms with E-state index in [9.17, 15) is 9.59 Å². The third-order valence-corrected chi connectivity index (χ3v) is 6.52. The Morgan fingerprint density at radius 1 is 1.03 bits per heavy atom. The number of thioether (sulfide) groups is 1. The van der Waals surface area contributed by atoms with Gasteiger partial charge in [0.15, 0.2) is 0 Å². The van der Waals surface area contributed by atoms with Crippen molar-refractivity contribution in [2.75, 3.05) is 16.0 Å². The molecule has 3 aromatic rings. The van der Waals surface area contributed by atoms with Gasteiger partial charge in [0, 0.05) is 22.0 Å². The van der Waals surface area contributed by atoms with Gasteiger partial charge in [-0.1, -0.05) is 42.8 Å². The van der Waals surface area contributed by atoms with E-state index in [1.165, 1.54) is 5.56 Å². The third kappa shape index (κ3) is 4.37. The Balaban J connectivity index is 1.50. The van der Waals surface area contributed by atoms with Crippen molar-refractivity contribution in [1.29, 1.82) is 0 Å². The number of amides is 2. The average molecular weight is 437 g/mol. The van der Waals surface area contributed by atoms with Crippen molar-refractivity contribution in [3.8, 4) is 0 Å². The molecule has 1 heterocycles. The largest absolute Gasteiger partial charge is 0.322 e. The summed E-state index contributed by atoms with van der Waals surface area (Å²) in [6.45, 7) is 2.11. The second-order valence-electron chi connectivity index (χ2n) is 7.03. The van der Waals surface area contributed by atoms with Crippen LogP contribution < -0.4 is 10.2 Å². The van der Waals surface area contributed by atoms with Crippen LogP contribution in [-0.4, -0.2) is 17.6 Å². The number of carbonyl (C=O) groups excluding carboxylic acids is 2. The Bertz CT molecular complexity index is 1050. The number of halogens is 1. The van der Waals surface area contributed by atoms with E-state index in [-0.39, 0.29) is 17.2 Å². The van der Waals surface area contributed by atoms with Gasteiger partial charge in [0.25, 0.3) is 5.91 Å². The average Bonchev–Trinajstić information content (AvgIpc) is 3.16. The maximum atomic E-state index is 12.5. The number of aryl methyl sites for hydroxylation is 1. The van der Waals surface area contributed by atoms with Crippen molar-refractivity contribution in [1.82, 2.24) is 0 Å². The number of hydrogen-bond donors (Lipinski definition) is 1. The number of nitrogens with zero attached hydrogens (tertiary/aromatic N) is 1. The molecule has 2 amide bonds. The lowest BCUT2D eigenvalue weighted by molar-refractivity contribution is -0.115. The van der Waals surface area contributed by atoms with Crippen LogP contribution in [0.15, 0.2) is 72.8 Å². The molecule has 1 unspecified atom stereocenters. The minimum Gasteiger partial charge on any atom is -0.322 e. The van der Waals surface area contributed by atoms with E-state index >= 15 is 0 Å². The molecular formula is C24H21ClN2O2S. The van der Waals surface area contributed by atoms with Crippen molar-refractivity contribution >= 4 is 46.6 Å². The highest BCUT2D eigenvalue weighted by Crippen LogP contribution is 2.42. The minimum absolute atomic E-state index is 0.0778. The highest BCUT2D eigenvalue weighted by molar-refractivity contribution is 8.00. The van der Waals surface area contributed by atoms with Crippen molar-refractivity contribution < 1.29 is 9.59 Å².